The highest BCUT2D eigenvalue weighted by atomic mass is 16.3. The third kappa shape index (κ3) is 2.64. The number of aryl methyl sites for hydroxylation is 2. The second-order valence-corrected chi connectivity index (χ2v) is 4.65. The molecule has 1 N–H and O–H groups in total. The molecule has 1 rings (SSSR count). The quantitative estimate of drug-likeness (QED) is 0.805. The smallest absolute Gasteiger partial charge is 0.0624 e. The van der Waals surface area contributed by atoms with Crippen molar-refractivity contribution in [2.24, 2.45) is 12.5 Å². The number of aliphatic hydroxyl groups excluding tert-OH is 1. The Morgan fingerprint density at radius 2 is 1.94 bits per heavy atom. The number of hydrogen-bond acceptors (Lipinski definition) is 2. The first-order valence-corrected chi connectivity index (χ1v) is 6.23. The highest BCUT2D eigenvalue weighted by Crippen LogP contribution is 2.30. The largest absolute Gasteiger partial charge is 0.396 e. The van der Waals surface area contributed by atoms with E-state index in [9.17, 15) is 5.11 Å². The molecule has 0 spiro atoms. The molecule has 3 nitrogen and oxygen atoms in total. The molecule has 0 atom stereocenters. The van der Waals surface area contributed by atoms with Crippen molar-refractivity contribution in [3.8, 4) is 0 Å². The van der Waals surface area contributed by atoms with Gasteiger partial charge in [-0.05, 0) is 37.2 Å². The van der Waals surface area contributed by atoms with Gasteiger partial charge in [-0.25, -0.2) is 0 Å². The molecule has 3 heteroatoms. The van der Waals surface area contributed by atoms with Crippen LogP contribution in [0.4, 0.5) is 0 Å². The first-order chi connectivity index (χ1) is 7.60. The monoisotopic (exact) mass is 224 g/mol. The summed E-state index contributed by atoms with van der Waals surface area (Å²) in [7, 11) is 1.99. The predicted octanol–water partition coefficient (Wildman–Crippen LogP) is 2.32. The molecule has 1 aromatic rings. The van der Waals surface area contributed by atoms with Gasteiger partial charge >= 0.3 is 0 Å². The molecule has 0 saturated heterocycles. The maximum absolute atomic E-state index is 9.56. The zero-order valence-electron chi connectivity index (χ0n) is 11.0. The van der Waals surface area contributed by atoms with Crippen LogP contribution in [0, 0.1) is 5.41 Å². The van der Waals surface area contributed by atoms with E-state index < -0.39 is 0 Å². The van der Waals surface area contributed by atoms with Crippen molar-refractivity contribution in [1.29, 1.82) is 0 Å². The van der Waals surface area contributed by atoms with Crippen LogP contribution in [0.15, 0.2) is 6.07 Å². The molecule has 0 aliphatic heterocycles. The standard InChI is InChI=1S/C13H24N2O/c1-5-11-8-12(15(4)14-11)9-13(6-2,7-3)10-16/h8,16H,5-7,9-10H2,1-4H3. The molecule has 0 amide bonds. The van der Waals surface area contributed by atoms with Crippen molar-refractivity contribution in [1.82, 2.24) is 9.78 Å². The summed E-state index contributed by atoms with van der Waals surface area (Å²) in [6.45, 7) is 6.67. The lowest BCUT2D eigenvalue weighted by Gasteiger charge is -2.29. The summed E-state index contributed by atoms with van der Waals surface area (Å²) in [5.74, 6) is 0. The van der Waals surface area contributed by atoms with Crippen LogP contribution >= 0.6 is 0 Å². The first-order valence-electron chi connectivity index (χ1n) is 6.23. The van der Waals surface area contributed by atoms with Crippen molar-refractivity contribution in [2.45, 2.75) is 46.5 Å². The van der Waals surface area contributed by atoms with Crippen molar-refractivity contribution < 1.29 is 5.11 Å². The molecule has 0 fully saturated rings. The average Bonchev–Trinajstić information content (AvgIpc) is 2.67. The molecule has 1 aromatic heterocycles. The van der Waals surface area contributed by atoms with Crippen LogP contribution in [0.25, 0.3) is 0 Å². The van der Waals surface area contributed by atoms with Crippen LogP contribution in [0.1, 0.15) is 45.0 Å². The van der Waals surface area contributed by atoms with E-state index in [-0.39, 0.29) is 12.0 Å². The second-order valence-electron chi connectivity index (χ2n) is 4.65. The summed E-state index contributed by atoms with van der Waals surface area (Å²) in [6.07, 6.45) is 3.90. The van der Waals surface area contributed by atoms with E-state index in [1.165, 1.54) is 5.69 Å². The molecule has 0 aromatic carbocycles. The Labute approximate surface area is 98.5 Å². The minimum Gasteiger partial charge on any atom is -0.396 e. The molecule has 0 bridgehead atoms. The van der Waals surface area contributed by atoms with Gasteiger partial charge in [-0.1, -0.05) is 20.8 Å². The normalized spacial score (nSPS) is 12.1. The van der Waals surface area contributed by atoms with E-state index in [4.69, 9.17) is 0 Å². The number of nitrogens with zero attached hydrogens (tertiary/aromatic N) is 2. The van der Waals surface area contributed by atoms with Crippen molar-refractivity contribution in [2.75, 3.05) is 6.61 Å². The van der Waals surface area contributed by atoms with Gasteiger partial charge < -0.3 is 5.11 Å². The minimum atomic E-state index is 0.0266. The van der Waals surface area contributed by atoms with E-state index in [0.717, 1.165) is 31.4 Å². The maximum atomic E-state index is 9.56. The van der Waals surface area contributed by atoms with E-state index in [2.05, 4.69) is 31.9 Å². The Kier molecular flexibility index (Phi) is 4.54. The van der Waals surface area contributed by atoms with E-state index in [1.807, 2.05) is 11.7 Å². The molecule has 1 heterocycles. The first kappa shape index (κ1) is 13.2. The van der Waals surface area contributed by atoms with Crippen LogP contribution in [-0.2, 0) is 19.9 Å². The molecule has 0 radical (unpaired) electrons. The van der Waals surface area contributed by atoms with E-state index in [1.54, 1.807) is 0 Å². The van der Waals surface area contributed by atoms with Gasteiger partial charge in [0.2, 0.25) is 0 Å². The van der Waals surface area contributed by atoms with E-state index >= 15 is 0 Å². The van der Waals surface area contributed by atoms with Crippen molar-refractivity contribution in [3.05, 3.63) is 17.5 Å². The SMILES string of the molecule is CCc1cc(CC(CC)(CC)CO)n(C)n1. The third-order valence-corrected chi connectivity index (χ3v) is 3.78. The highest BCUT2D eigenvalue weighted by Gasteiger charge is 2.27. The molecular formula is C13H24N2O. The molecule has 92 valence electrons. The Bertz CT molecular complexity index is 318. The third-order valence-electron chi connectivity index (χ3n) is 3.78. The fraction of sp³-hybridized carbons (Fsp3) is 0.769. The fourth-order valence-electron chi connectivity index (χ4n) is 2.07. The van der Waals surface area contributed by atoms with Gasteiger partial charge in [-0.3, -0.25) is 4.68 Å². The van der Waals surface area contributed by atoms with Gasteiger partial charge in [-0.2, -0.15) is 5.10 Å². The summed E-state index contributed by atoms with van der Waals surface area (Å²) in [5.41, 5.74) is 2.39. The summed E-state index contributed by atoms with van der Waals surface area (Å²) < 4.78 is 1.95. The highest BCUT2D eigenvalue weighted by molar-refractivity contribution is 5.12. The lowest BCUT2D eigenvalue weighted by Crippen LogP contribution is -2.27. The molecule has 0 unspecified atom stereocenters. The van der Waals surface area contributed by atoms with Crippen molar-refractivity contribution in [3.63, 3.8) is 0 Å². The Hall–Kier alpha value is -0.830. The Morgan fingerprint density at radius 1 is 1.31 bits per heavy atom. The van der Waals surface area contributed by atoms with Gasteiger partial charge in [-0.15, -0.1) is 0 Å². The molecule has 0 saturated carbocycles. The van der Waals surface area contributed by atoms with Gasteiger partial charge in [0.05, 0.1) is 5.69 Å². The fourth-order valence-corrected chi connectivity index (χ4v) is 2.07. The number of aromatic nitrogens is 2. The number of aliphatic hydroxyl groups is 1. The molecule has 16 heavy (non-hydrogen) atoms. The number of hydrogen-bond donors (Lipinski definition) is 1. The second kappa shape index (κ2) is 5.48. The molecular weight excluding hydrogens is 200 g/mol. The summed E-state index contributed by atoms with van der Waals surface area (Å²) in [6, 6.07) is 2.16. The Balaban J connectivity index is 2.88. The van der Waals surface area contributed by atoms with Crippen LogP contribution in [0.5, 0.6) is 0 Å². The van der Waals surface area contributed by atoms with E-state index in [0.29, 0.717) is 0 Å². The summed E-state index contributed by atoms with van der Waals surface area (Å²) in [4.78, 5) is 0. The predicted molar refractivity (Wildman–Crippen MR) is 66.4 cm³/mol. The van der Waals surface area contributed by atoms with Crippen LogP contribution in [-0.4, -0.2) is 21.5 Å². The van der Waals surface area contributed by atoms with Crippen molar-refractivity contribution >= 4 is 0 Å². The molecule has 0 aliphatic carbocycles. The lowest BCUT2D eigenvalue weighted by molar-refractivity contribution is 0.113. The zero-order valence-corrected chi connectivity index (χ0v) is 11.0. The minimum absolute atomic E-state index is 0.0266. The molecule has 0 aliphatic rings. The number of rotatable bonds is 6. The maximum Gasteiger partial charge on any atom is 0.0624 e. The lowest BCUT2D eigenvalue weighted by atomic mass is 9.79. The Morgan fingerprint density at radius 3 is 2.31 bits per heavy atom. The van der Waals surface area contributed by atoms with Crippen LogP contribution in [0.2, 0.25) is 0 Å². The van der Waals surface area contributed by atoms with Gasteiger partial charge in [0.1, 0.15) is 0 Å². The summed E-state index contributed by atoms with van der Waals surface area (Å²) >= 11 is 0. The van der Waals surface area contributed by atoms with Gasteiger partial charge in [0.25, 0.3) is 0 Å². The average molecular weight is 224 g/mol. The zero-order chi connectivity index (χ0) is 12.2. The summed E-state index contributed by atoms with van der Waals surface area (Å²) in [5, 5.41) is 14.0. The topological polar surface area (TPSA) is 38.0 Å². The van der Waals surface area contributed by atoms with Crippen LogP contribution < -0.4 is 0 Å². The van der Waals surface area contributed by atoms with Gasteiger partial charge in [0, 0.05) is 19.3 Å². The van der Waals surface area contributed by atoms with Crippen LogP contribution in [0.3, 0.4) is 0 Å². The van der Waals surface area contributed by atoms with Gasteiger partial charge in [0.15, 0.2) is 0 Å².